The molecule has 2 rings (SSSR count). The van der Waals surface area contributed by atoms with E-state index >= 15 is 0 Å². The zero-order valence-electron chi connectivity index (χ0n) is 13.5. The molecule has 3 N–H and O–H groups in total. The van der Waals surface area contributed by atoms with Crippen LogP contribution in [-0.2, 0) is 0 Å². The number of rotatable bonds is 4. The highest BCUT2D eigenvalue weighted by Gasteiger charge is 2.15. The van der Waals surface area contributed by atoms with Crippen LogP contribution in [0.1, 0.15) is 58.3 Å². The highest BCUT2D eigenvalue weighted by molar-refractivity contribution is 14.0. The average Bonchev–Trinajstić information content (AvgIpc) is 2.67. The first-order chi connectivity index (χ1) is 9.74. The largest absolute Gasteiger partial charge is 0.370 e. The molecule has 2 aliphatic rings. The smallest absolute Gasteiger partial charge is 0.188 e. The Labute approximate surface area is 147 Å². The van der Waals surface area contributed by atoms with E-state index in [4.69, 9.17) is 5.73 Å². The lowest BCUT2D eigenvalue weighted by Gasteiger charge is -2.30. The first-order valence-corrected chi connectivity index (χ1v) is 8.53. The van der Waals surface area contributed by atoms with Crippen LogP contribution in [0.25, 0.3) is 0 Å². The van der Waals surface area contributed by atoms with Crippen LogP contribution < -0.4 is 11.1 Å². The van der Waals surface area contributed by atoms with Gasteiger partial charge in [-0.25, -0.2) is 0 Å². The third kappa shape index (κ3) is 7.68. The third-order valence-electron chi connectivity index (χ3n) is 4.65. The fourth-order valence-electron chi connectivity index (χ4n) is 3.48. The van der Waals surface area contributed by atoms with Crippen molar-refractivity contribution in [1.29, 1.82) is 0 Å². The molecule has 0 amide bonds. The summed E-state index contributed by atoms with van der Waals surface area (Å²) < 4.78 is 0. The maximum absolute atomic E-state index is 6.02. The molecule has 1 aliphatic carbocycles. The van der Waals surface area contributed by atoms with Gasteiger partial charge in [0, 0.05) is 19.1 Å². The number of likely N-dealkylation sites (tertiary alicyclic amines) is 1. The van der Waals surface area contributed by atoms with Gasteiger partial charge < -0.3 is 16.0 Å². The van der Waals surface area contributed by atoms with Gasteiger partial charge in [-0.3, -0.25) is 4.99 Å². The molecule has 2 fully saturated rings. The molecular formula is C16H33IN4. The summed E-state index contributed by atoms with van der Waals surface area (Å²) in [5.41, 5.74) is 6.02. The molecule has 1 aliphatic heterocycles. The van der Waals surface area contributed by atoms with Gasteiger partial charge in [0.15, 0.2) is 5.96 Å². The van der Waals surface area contributed by atoms with Crippen molar-refractivity contribution in [1.82, 2.24) is 10.2 Å². The number of guanidine groups is 1. The zero-order valence-corrected chi connectivity index (χ0v) is 15.9. The molecule has 0 aromatic rings. The Kier molecular flexibility index (Phi) is 9.64. The molecule has 5 heteroatoms. The standard InChI is InChI=1S/C16H32N4.HI/c1-14-7-6-11-20(13-14)12-10-18-16(17)19-15-8-4-2-3-5-9-15;/h14-15H,2-13H2,1H3,(H3,17,18,19);1H. The van der Waals surface area contributed by atoms with Crippen LogP contribution in [0.2, 0.25) is 0 Å². The molecule has 1 unspecified atom stereocenters. The van der Waals surface area contributed by atoms with Gasteiger partial charge in [-0.1, -0.05) is 32.6 Å². The molecule has 21 heavy (non-hydrogen) atoms. The highest BCUT2D eigenvalue weighted by atomic mass is 127. The van der Waals surface area contributed by atoms with Gasteiger partial charge in [-0.15, -0.1) is 24.0 Å². The summed E-state index contributed by atoms with van der Waals surface area (Å²) in [6, 6.07) is 0.552. The topological polar surface area (TPSA) is 53.6 Å². The van der Waals surface area contributed by atoms with Crippen molar-refractivity contribution in [2.75, 3.05) is 26.2 Å². The summed E-state index contributed by atoms with van der Waals surface area (Å²) in [5.74, 6) is 1.50. The Morgan fingerprint density at radius 2 is 1.86 bits per heavy atom. The van der Waals surface area contributed by atoms with Crippen LogP contribution in [0, 0.1) is 5.92 Å². The van der Waals surface area contributed by atoms with Gasteiger partial charge in [0.1, 0.15) is 0 Å². The molecule has 1 saturated carbocycles. The van der Waals surface area contributed by atoms with Gasteiger partial charge in [0.05, 0.1) is 6.54 Å². The maximum atomic E-state index is 6.02. The Morgan fingerprint density at radius 3 is 2.52 bits per heavy atom. The van der Waals surface area contributed by atoms with Crippen molar-refractivity contribution < 1.29 is 0 Å². The summed E-state index contributed by atoms with van der Waals surface area (Å²) in [6.07, 6.45) is 10.6. The van der Waals surface area contributed by atoms with Crippen LogP contribution in [-0.4, -0.2) is 43.1 Å². The summed E-state index contributed by atoms with van der Waals surface area (Å²) in [4.78, 5) is 7.03. The lowest BCUT2D eigenvalue weighted by Crippen LogP contribution is -2.41. The summed E-state index contributed by atoms with van der Waals surface area (Å²) >= 11 is 0. The van der Waals surface area contributed by atoms with Crippen molar-refractivity contribution in [3.05, 3.63) is 0 Å². The Balaban J connectivity index is 0.00000220. The van der Waals surface area contributed by atoms with Crippen LogP contribution in [0.3, 0.4) is 0 Å². The first-order valence-electron chi connectivity index (χ1n) is 8.53. The predicted molar refractivity (Wildman–Crippen MR) is 101 cm³/mol. The fraction of sp³-hybridized carbons (Fsp3) is 0.938. The van der Waals surface area contributed by atoms with Gasteiger partial charge in [-0.05, 0) is 38.1 Å². The normalized spacial score (nSPS) is 26.0. The van der Waals surface area contributed by atoms with E-state index in [0.29, 0.717) is 12.0 Å². The number of nitrogens with zero attached hydrogens (tertiary/aromatic N) is 2. The molecule has 0 aromatic heterocycles. The lowest BCUT2D eigenvalue weighted by molar-refractivity contribution is 0.189. The molecular weight excluding hydrogens is 375 g/mol. The lowest BCUT2D eigenvalue weighted by atomic mass is 10.0. The van der Waals surface area contributed by atoms with E-state index in [2.05, 4.69) is 22.1 Å². The van der Waals surface area contributed by atoms with Crippen molar-refractivity contribution in [2.45, 2.75) is 64.3 Å². The molecule has 124 valence electrons. The van der Waals surface area contributed by atoms with Crippen molar-refractivity contribution in [3.8, 4) is 0 Å². The number of halogens is 1. The first kappa shape index (κ1) is 19.0. The number of nitrogens with one attached hydrogen (secondary N) is 1. The van der Waals surface area contributed by atoms with Crippen molar-refractivity contribution >= 4 is 29.9 Å². The number of piperidine rings is 1. The monoisotopic (exact) mass is 408 g/mol. The molecule has 1 atom stereocenters. The van der Waals surface area contributed by atoms with Crippen molar-refractivity contribution in [3.63, 3.8) is 0 Å². The molecule has 0 aromatic carbocycles. The van der Waals surface area contributed by atoms with Gasteiger partial charge in [0.2, 0.25) is 0 Å². The molecule has 1 saturated heterocycles. The summed E-state index contributed by atoms with van der Waals surface area (Å²) in [7, 11) is 0. The van der Waals surface area contributed by atoms with E-state index < -0.39 is 0 Å². The van der Waals surface area contributed by atoms with E-state index in [0.717, 1.165) is 19.0 Å². The van der Waals surface area contributed by atoms with E-state index in [1.54, 1.807) is 0 Å². The second-order valence-corrected chi connectivity index (χ2v) is 6.65. The number of hydrogen-bond donors (Lipinski definition) is 2. The van der Waals surface area contributed by atoms with Crippen molar-refractivity contribution in [2.24, 2.45) is 16.6 Å². The molecule has 4 nitrogen and oxygen atoms in total. The minimum atomic E-state index is 0. The SMILES string of the molecule is CC1CCCN(CCN=C(N)NC2CCCCCC2)C1.I. The molecule has 0 bridgehead atoms. The Bertz CT molecular complexity index is 301. The van der Waals surface area contributed by atoms with Gasteiger partial charge >= 0.3 is 0 Å². The summed E-state index contributed by atoms with van der Waals surface area (Å²) in [5, 5.41) is 3.41. The molecule has 0 spiro atoms. The van der Waals surface area contributed by atoms with Crippen LogP contribution in [0.15, 0.2) is 4.99 Å². The van der Waals surface area contributed by atoms with Gasteiger partial charge in [0.25, 0.3) is 0 Å². The second-order valence-electron chi connectivity index (χ2n) is 6.65. The fourth-order valence-corrected chi connectivity index (χ4v) is 3.48. The molecule has 0 radical (unpaired) electrons. The Hall–Kier alpha value is -0.0400. The third-order valence-corrected chi connectivity index (χ3v) is 4.65. The van der Waals surface area contributed by atoms with E-state index in [1.807, 2.05) is 0 Å². The predicted octanol–water partition coefficient (Wildman–Crippen LogP) is 2.96. The number of aliphatic imine (C=N–C) groups is 1. The molecule has 1 heterocycles. The summed E-state index contributed by atoms with van der Waals surface area (Å²) in [6.45, 7) is 6.69. The van der Waals surface area contributed by atoms with E-state index in [1.165, 1.54) is 64.5 Å². The average molecular weight is 408 g/mol. The van der Waals surface area contributed by atoms with E-state index in [9.17, 15) is 0 Å². The van der Waals surface area contributed by atoms with Crippen LogP contribution in [0.4, 0.5) is 0 Å². The minimum Gasteiger partial charge on any atom is -0.370 e. The zero-order chi connectivity index (χ0) is 14.2. The number of hydrogen-bond acceptors (Lipinski definition) is 2. The quantitative estimate of drug-likeness (QED) is 0.326. The minimum absolute atomic E-state index is 0. The Morgan fingerprint density at radius 1 is 1.14 bits per heavy atom. The van der Waals surface area contributed by atoms with Crippen LogP contribution >= 0.6 is 24.0 Å². The second kappa shape index (κ2) is 10.6. The van der Waals surface area contributed by atoms with E-state index in [-0.39, 0.29) is 24.0 Å². The van der Waals surface area contributed by atoms with Crippen LogP contribution in [0.5, 0.6) is 0 Å². The highest BCUT2D eigenvalue weighted by Crippen LogP contribution is 2.17. The maximum Gasteiger partial charge on any atom is 0.188 e. The van der Waals surface area contributed by atoms with Gasteiger partial charge in [-0.2, -0.15) is 0 Å². The number of nitrogens with two attached hydrogens (primary N) is 1.